The second-order valence-corrected chi connectivity index (χ2v) is 3.37. The van der Waals surface area contributed by atoms with Crippen LogP contribution in [-0.4, -0.2) is 16.2 Å². The molecule has 0 heterocycles. The van der Waals surface area contributed by atoms with E-state index in [0.29, 0.717) is 0 Å². The summed E-state index contributed by atoms with van der Waals surface area (Å²) >= 11 is 0. The van der Waals surface area contributed by atoms with E-state index in [2.05, 4.69) is 0 Å². The SMILES string of the molecule is CCc1cc(/C=C(\C)C(=O)O)ccc1O. The van der Waals surface area contributed by atoms with Crippen LogP contribution >= 0.6 is 0 Å². The van der Waals surface area contributed by atoms with Gasteiger partial charge in [0, 0.05) is 5.57 Å². The summed E-state index contributed by atoms with van der Waals surface area (Å²) in [6.45, 7) is 3.48. The summed E-state index contributed by atoms with van der Waals surface area (Å²) in [6.07, 6.45) is 2.31. The van der Waals surface area contributed by atoms with Gasteiger partial charge in [-0.15, -0.1) is 0 Å². The molecule has 1 rings (SSSR count). The molecule has 3 nitrogen and oxygen atoms in total. The summed E-state index contributed by atoms with van der Waals surface area (Å²) in [6, 6.07) is 5.07. The number of aryl methyl sites for hydroxylation is 1. The summed E-state index contributed by atoms with van der Waals surface area (Å²) in [5, 5.41) is 18.1. The fourth-order valence-electron chi connectivity index (χ4n) is 1.29. The largest absolute Gasteiger partial charge is 0.508 e. The third-order valence-corrected chi connectivity index (χ3v) is 2.20. The zero-order chi connectivity index (χ0) is 11.4. The predicted molar refractivity (Wildman–Crippen MR) is 58.8 cm³/mol. The summed E-state index contributed by atoms with van der Waals surface area (Å²) in [4.78, 5) is 10.6. The van der Waals surface area contributed by atoms with Crippen molar-refractivity contribution in [3.63, 3.8) is 0 Å². The molecule has 0 aliphatic heterocycles. The lowest BCUT2D eigenvalue weighted by molar-refractivity contribution is -0.132. The van der Waals surface area contributed by atoms with Gasteiger partial charge in [-0.3, -0.25) is 0 Å². The lowest BCUT2D eigenvalue weighted by atomic mass is 10.1. The first-order chi connectivity index (χ1) is 7.04. The maximum atomic E-state index is 10.6. The number of phenolic OH excluding ortho intramolecular Hbond substituents is 1. The molecule has 0 radical (unpaired) electrons. The highest BCUT2D eigenvalue weighted by molar-refractivity contribution is 5.91. The summed E-state index contributed by atoms with van der Waals surface area (Å²) in [5.74, 6) is -0.677. The van der Waals surface area contributed by atoms with Gasteiger partial charge in [0.1, 0.15) is 5.75 Å². The highest BCUT2D eigenvalue weighted by Crippen LogP contribution is 2.20. The summed E-state index contributed by atoms with van der Waals surface area (Å²) < 4.78 is 0. The number of carboxylic acids is 1. The summed E-state index contributed by atoms with van der Waals surface area (Å²) in [5.41, 5.74) is 1.90. The Morgan fingerprint density at radius 1 is 1.47 bits per heavy atom. The van der Waals surface area contributed by atoms with Gasteiger partial charge in [-0.25, -0.2) is 4.79 Å². The van der Waals surface area contributed by atoms with Crippen LogP contribution in [0.25, 0.3) is 6.08 Å². The van der Waals surface area contributed by atoms with Crippen molar-refractivity contribution >= 4 is 12.0 Å². The smallest absolute Gasteiger partial charge is 0.331 e. The maximum absolute atomic E-state index is 10.6. The van der Waals surface area contributed by atoms with Crippen LogP contribution in [0.15, 0.2) is 23.8 Å². The van der Waals surface area contributed by atoms with Crippen molar-refractivity contribution in [2.45, 2.75) is 20.3 Å². The molecule has 1 aromatic carbocycles. The Morgan fingerprint density at radius 2 is 2.13 bits per heavy atom. The average Bonchev–Trinajstić information content (AvgIpc) is 2.20. The van der Waals surface area contributed by atoms with Gasteiger partial charge in [-0.05, 0) is 42.7 Å². The number of hydrogen-bond donors (Lipinski definition) is 2. The number of carboxylic acid groups (broad SMARTS) is 1. The van der Waals surface area contributed by atoms with Gasteiger partial charge < -0.3 is 10.2 Å². The molecule has 0 unspecified atom stereocenters. The second kappa shape index (κ2) is 4.64. The van der Waals surface area contributed by atoms with E-state index in [1.807, 2.05) is 6.92 Å². The van der Waals surface area contributed by atoms with Crippen molar-refractivity contribution < 1.29 is 15.0 Å². The fraction of sp³-hybridized carbons (Fsp3) is 0.250. The lowest BCUT2D eigenvalue weighted by Gasteiger charge is -2.03. The van der Waals surface area contributed by atoms with Crippen molar-refractivity contribution in [3.05, 3.63) is 34.9 Å². The Hall–Kier alpha value is -1.77. The second-order valence-electron chi connectivity index (χ2n) is 3.37. The lowest BCUT2D eigenvalue weighted by Crippen LogP contribution is -1.95. The zero-order valence-corrected chi connectivity index (χ0v) is 8.82. The van der Waals surface area contributed by atoms with Gasteiger partial charge in [-0.1, -0.05) is 13.0 Å². The van der Waals surface area contributed by atoms with Gasteiger partial charge in [0.2, 0.25) is 0 Å². The molecule has 0 saturated heterocycles. The third-order valence-electron chi connectivity index (χ3n) is 2.20. The molecule has 0 aliphatic rings. The molecule has 0 aliphatic carbocycles. The predicted octanol–water partition coefficient (Wildman–Crippen LogP) is 2.44. The standard InChI is InChI=1S/C12H14O3/c1-3-10-7-9(4-5-11(10)13)6-8(2)12(14)15/h4-7,13H,3H2,1-2H3,(H,14,15)/b8-6+. The first-order valence-corrected chi connectivity index (χ1v) is 4.78. The van der Waals surface area contributed by atoms with E-state index < -0.39 is 5.97 Å². The molecule has 0 fully saturated rings. The van der Waals surface area contributed by atoms with Crippen LogP contribution in [0.5, 0.6) is 5.75 Å². The van der Waals surface area contributed by atoms with E-state index in [0.717, 1.165) is 17.5 Å². The van der Waals surface area contributed by atoms with Crippen molar-refractivity contribution in [1.82, 2.24) is 0 Å². The first-order valence-electron chi connectivity index (χ1n) is 4.78. The quantitative estimate of drug-likeness (QED) is 0.747. The Kier molecular flexibility index (Phi) is 3.50. The van der Waals surface area contributed by atoms with E-state index in [9.17, 15) is 9.90 Å². The molecule has 0 bridgehead atoms. The van der Waals surface area contributed by atoms with Crippen LogP contribution < -0.4 is 0 Å². The maximum Gasteiger partial charge on any atom is 0.331 e. The van der Waals surface area contributed by atoms with Crippen LogP contribution in [-0.2, 0) is 11.2 Å². The van der Waals surface area contributed by atoms with Crippen molar-refractivity contribution in [1.29, 1.82) is 0 Å². The number of aliphatic carboxylic acids is 1. The Bertz CT molecular complexity index is 405. The van der Waals surface area contributed by atoms with Gasteiger partial charge >= 0.3 is 5.97 Å². The number of rotatable bonds is 3. The minimum Gasteiger partial charge on any atom is -0.508 e. The number of carbonyl (C=O) groups is 1. The van der Waals surface area contributed by atoms with Crippen molar-refractivity contribution in [2.24, 2.45) is 0 Å². The van der Waals surface area contributed by atoms with E-state index in [-0.39, 0.29) is 11.3 Å². The number of aromatic hydroxyl groups is 1. The van der Waals surface area contributed by atoms with Gasteiger partial charge in [0.15, 0.2) is 0 Å². The summed E-state index contributed by atoms with van der Waals surface area (Å²) in [7, 11) is 0. The minimum atomic E-state index is -0.930. The average molecular weight is 206 g/mol. The fourth-order valence-corrected chi connectivity index (χ4v) is 1.29. The first kappa shape index (κ1) is 11.3. The van der Waals surface area contributed by atoms with E-state index >= 15 is 0 Å². The van der Waals surface area contributed by atoms with E-state index in [1.165, 1.54) is 0 Å². The Labute approximate surface area is 88.7 Å². The molecular weight excluding hydrogens is 192 g/mol. The van der Waals surface area contributed by atoms with Crippen LogP contribution in [0.3, 0.4) is 0 Å². The van der Waals surface area contributed by atoms with Crippen LogP contribution in [0.4, 0.5) is 0 Å². The molecule has 0 aromatic heterocycles. The molecule has 0 spiro atoms. The van der Waals surface area contributed by atoms with Crippen LogP contribution in [0.1, 0.15) is 25.0 Å². The van der Waals surface area contributed by atoms with Gasteiger partial charge in [0.05, 0.1) is 0 Å². The molecule has 3 heteroatoms. The normalized spacial score (nSPS) is 11.5. The van der Waals surface area contributed by atoms with Crippen molar-refractivity contribution in [2.75, 3.05) is 0 Å². The Morgan fingerprint density at radius 3 is 2.67 bits per heavy atom. The molecule has 0 amide bonds. The third kappa shape index (κ3) is 2.84. The molecular formula is C12H14O3. The molecule has 1 aromatic rings. The molecule has 2 N–H and O–H groups in total. The van der Waals surface area contributed by atoms with Crippen molar-refractivity contribution in [3.8, 4) is 5.75 Å². The zero-order valence-electron chi connectivity index (χ0n) is 8.82. The number of hydrogen-bond acceptors (Lipinski definition) is 2. The molecule has 80 valence electrons. The minimum absolute atomic E-state index is 0.252. The van der Waals surface area contributed by atoms with E-state index in [4.69, 9.17) is 5.11 Å². The number of benzene rings is 1. The van der Waals surface area contributed by atoms with Crippen LogP contribution in [0, 0.1) is 0 Å². The Balaban J connectivity index is 3.07. The molecule has 15 heavy (non-hydrogen) atoms. The molecule has 0 atom stereocenters. The van der Waals surface area contributed by atoms with Gasteiger partial charge in [-0.2, -0.15) is 0 Å². The molecule has 0 saturated carbocycles. The topological polar surface area (TPSA) is 57.5 Å². The van der Waals surface area contributed by atoms with Gasteiger partial charge in [0.25, 0.3) is 0 Å². The number of phenols is 1. The van der Waals surface area contributed by atoms with Crippen LogP contribution in [0.2, 0.25) is 0 Å². The highest BCUT2D eigenvalue weighted by atomic mass is 16.4. The van der Waals surface area contributed by atoms with E-state index in [1.54, 1.807) is 31.2 Å². The monoisotopic (exact) mass is 206 g/mol. The highest BCUT2D eigenvalue weighted by Gasteiger charge is 2.02.